The first-order chi connectivity index (χ1) is 10.7. The number of hydrogen-bond donors (Lipinski definition) is 3. The van der Waals surface area contributed by atoms with Crippen LogP contribution in [0.2, 0.25) is 0 Å². The summed E-state index contributed by atoms with van der Waals surface area (Å²) in [5, 5.41) is 22.9. The van der Waals surface area contributed by atoms with Gasteiger partial charge in [-0.05, 0) is 17.3 Å². The van der Waals surface area contributed by atoms with Gasteiger partial charge in [0.15, 0.2) is 0 Å². The van der Waals surface area contributed by atoms with Crippen LogP contribution in [0.3, 0.4) is 0 Å². The fourth-order valence-corrected chi connectivity index (χ4v) is 1.81. The first-order valence-electron chi connectivity index (χ1n) is 6.08. The van der Waals surface area contributed by atoms with Gasteiger partial charge in [0.2, 0.25) is 5.88 Å². The third-order valence-electron chi connectivity index (χ3n) is 2.78. The maximum Gasteiger partial charge on any atom is 0.335 e. The number of nitrogens with one attached hydrogen (secondary N) is 2. The van der Waals surface area contributed by atoms with Gasteiger partial charge in [-0.3, -0.25) is 9.78 Å². The summed E-state index contributed by atoms with van der Waals surface area (Å²) in [6.45, 7) is 0. The fraction of sp³-hybridized carbons (Fsp3) is 0. The third-order valence-corrected chi connectivity index (χ3v) is 2.78. The predicted octanol–water partition coefficient (Wildman–Crippen LogP) is -0.505. The van der Waals surface area contributed by atoms with Crippen molar-refractivity contribution in [2.75, 3.05) is 0 Å². The van der Waals surface area contributed by atoms with Crippen LogP contribution in [0.15, 0.2) is 44.9 Å². The molecule has 0 aliphatic carbocycles. The first-order valence-corrected chi connectivity index (χ1v) is 6.08. The van der Waals surface area contributed by atoms with Crippen molar-refractivity contribution in [2.45, 2.75) is 0 Å². The highest BCUT2D eigenvalue weighted by Gasteiger charge is 2.14. The molecule has 0 aliphatic rings. The summed E-state index contributed by atoms with van der Waals surface area (Å²) in [7, 11) is 0. The van der Waals surface area contributed by atoms with E-state index in [1.54, 1.807) is 30.3 Å². The lowest BCUT2D eigenvalue weighted by atomic mass is 10.3. The van der Waals surface area contributed by atoms with Crippen molar-refractivity contribution in [3.05, 3.63) is 56.7 Å². The highest BCUT2D eigenvalue weighted by atomic mass is 16.3. The average molecular weight is 299 g/mol. The van der Waals surface area contributed by atoms with E-state index >= 15 is 0 Å². The van der Waals surface area contributed by atoms with Crippen molar-refractivity contribution in [2.24, 2.45) is 4.99 Å². The molecule has 3 N–H and O–H groups in total. The smallest absolute Gasteiger partial charge is 0.335 e. The molecule has 0 aliphatic heterocycles. The molecule has 0 radical (unpaired) electrons. The van der Waals surface area contributed by atoms with E-state index in [0.29, 0.717) is 5.69 Å². The zero-order valence-electron chi connectivity index (χ0n) is 11.0. The second-order valence-corrected chi connectivity index (χ2v) is 4.14. The average Bonchev–Trinajstić information content (AvgIpc) is 3.01. The zero-order valence-corrected chi connectivity index (χ0v) is 11.0. The van der Waals surface area contributed by atoms with Gasteiger partial charge in [-0.2, -0.15) is 5.21 Å². The Morgan fingerprint density at radius 1 is 1.23 bits per heavy atom. The highest BCUT2D eigenvalue weighted by molar-refractivity contribution is 5.83. The molecule has 0 saturated heterocycles. The molecule has 0 fully saturated rings. The Kier molecular flexibility index (Phi) is 3.32. The van der Waals surface area contributed by atoms with Crippen LogP contribution in [0.5, 0.6) is 5.88 Å². The SMILES string of the molecule is O=c1[nH]c(=O)n(-c2ccccc2)c(O)c1/C=N/c1nn[nH]n1. The van der Waals surface area contributed by atoms with Crippen molar-refractivity contribution in [3.8, 4) is 11.6 Å². The molecule has 110 valence electrons. The molecule has 0 atom stereocenters. The summed E-state index contributed by atoms with van der Waals surface area (Å²) >= 11 is 0. The molecule has 0 bridgehead atoms. The van der Waals surface area contributed by atoms with Crippen molar-refractivity contribution in [1.82, 2.24) is 30.2 Å². The monoisotopic (exact) mass is 299 g/mol. The summed E-state index contributed by atoms with van der Waals surface area (Å²) in [4.78, 5) is 29.6. The Bertz CT molecular complexity index is 926. The molecule has 1 aromatic carbocycles. The number of nitrogens with zero attached hydrogens (tertiary/aromatic N) is 5. The largest absolute Gasteiger partial charge is 0.493 e. The number of benzene rings is 1. The molecule has 22 heavy (non-hydrogen) atoms. The number of aromatic hydroxyl groups is 1. The molecule has 3 aromatic rings. The standard InChI is InChI=1S/C12H9N7O3/c20-9-8(6-13-11-15-17-18-16-11)10(21)19(12(22)14-9)7-4-2-1-3-5-7/h1-6,21H,(H,14,20,22)(H,15,16,17,18)/b13-6+. The third kappa shape index (κ3) is 2.40. The molecule has 10 nitrogen and oxygen atoms in total. The number of hydrogen-bond acceptors (Lipinski definition) is 7. The summed E-state index contributed by atoms with van der Waals surface area (Å²) in [6.07, 6.45) is 1.05. The molecular formula is C12H9N7O3. The van der Waals surface area contributed by atoms with Gasteiger partial charge < -0.3 is 5.11 Å². The molecule has 2 aromatic heterocycles. The lowest BCUT2D eigenvalue weighted by molar-refractivity contribution is 0.430. The van der Waals surface area contributed by atoms with E-state index in [2.05, 4.69) is 30.6 Å². The van der Waals surface area contributed by atoms with Gasteiger partial charge in [0.05, 0.1) is 5.69 Å². The Balaban J connectivity index is 2.16. The lowest BCUT2D eigenvalue weighted by Gasteiger charge is -2.08. The van der Waals surface area contributed by atoms with E-state index in [1.807, 2.05) is 0 Å². The van der Waals surface area contributed by atoms with Gasteiger partial charge in [0.1, 0.15) is 5.56 Å². The van der Waals surface area contributed by atoms with Gasteiger partial charge >= 0.3 is 5.69 Å². The number of aromatic amines is 2. The Hall–Kier alpha value is -3.56. The van der Waals surface area contributed by atoms with E-state index in [-0.39, 0.29) is 11.5 Å². The van der Waals surface area contributed by atoms with Crippen molar-refractivity contribution >= 4 is 12.2 Å². The number of aromatic nitrogens is 6. The van der Waals surface area contributed by atoms with Gasteiger partial charge in [-0.15, -0.1) is 5.10 Å². The van der Waals surface area contributed by atoms with E-state index in [0.717, 1.165) is 10.8 Å². The van der Waals surface area contributed by atoms with Crippen LogP contribution in [0.1, 0.15) is 5.56 Å². The van der Waals surface area contributed by atoms with Crippen LogP contribution in [-0.2, 0) is 0 Å². The molecule has 0 amide bonds. The van der Waals surface area contributed by atoms with E-state index in [1.165, 1.54) is 0 Å². The molecule has 0 unspecified atom stereocenters. The Labute approximate surface area is 121 Å². The topological polar surface area (TPSA) is 142 Å². The number of tetrazole rings is 1. The van der Waals surface area contributed by atoms with Crippen molar-refractivity contribution in [1.29, 1.82) is 0 Å². The predicted molar refractivity (Wildman–Crippen MR) is 75.8 cm³/mol. The summed E-state index contributed by atoms with van der Waals surface area (Å²) in [6, 6.07) is 8.37. The maximum absolute atomic E-state index is 11.9. The van der Waals surface area contributed by atoms with Crippen LogP contribution in [0, 0.1) is 0 Å². The van der Waals surface area contributed by atoms with E-state index in [9.17, 15) is 14.7 Å². The molecule has 3 rings (SSSR count). The normalized spacial score (nSPS) is 11.1. The lowest BCUT2D eigenvalue weighted by Crippen LogP contribution is -2.31. The quantitative estimate of drug-likeness (QED) is 0.556. The molecule has 0 spiro atoms. The second-order valence-electron chi connectivity index (χ2n) is 4.14. The van der Waals surface area contributed by atoms with Crippen LogP contribution >= 0.6 is 0 Å². The minimum Gasteiger partial charge on any atom is -0.493 e. The number of rotatable bonds is 3. The van der Waals surface area contributed by atoms with Gasteiger partial charge in [0, 0.05) is 6.21 Å². The maximum atomic E-state index is 11.9. The number of aliphatic imine (C=N–C) groups is 1. The molecule has 0 saturated carbocycles. The van der Waals surface area contributed by atoms with Crippen LogP contribution in [0.4, 0.5) is 5.95 Å². The number of para-hydroxylation sites is 1. The van der Waals surface area contributed by atoms with Crippen LogP contribution in [0.25, 0.3) is 5.69 Å². The molecule has 2 heterocycles. The second kappa shape index (κ2) is 5.44. The van der Waals surface area contributed by atoms with Crippen molar-refractivity contribution in [3.63, 3.8) is 0 Å². The van der Waals surface area contributed by atoms with Gasteiger partial charge in [0.25, 0.3) is 11.5 Å². The minimum atomic E-state index is -0.776. The van der Waals surface area contributed by atoms with Crippen LogP contribution < -0.4 is 11.2 Å². The highest BCUT2D eigenvalue weighted by Crippen LogP contribution is 2.15. The van der Waals surface area contributed by atoms with Gasteiger partial charge in [-0.1, -0.05) is 23.3 Å². The molecule has 10 heteroatoms. The van der Waals surface area contributed by atoms with Crippen molar-refractivity contribution < 1.29 is 5.11 Å². The van der Waals surface area contributed by atoms with E-state index < -0.39 is 17.1 Å². The summed E-state index contributed by atoms with van der Waals surface area (Å²) in [5.41, 5.74) is -1.34. The Morgan fingerprint density at radius 3 is 2.68 bits per heavy atom. The molecular weight excluding hydrogens is 290 g/mol. The number of H-pyrrole nitrogens is 2. The summed E-state index contributed by atoms with van der Waals surface area (Å²) < 4.78 is 0.957. The summed E-state index contributed by atoms with van der Waals surface area (Å²) in [5.74, 6) is -0.552. The fourth-order valence-electron chi connectivity index (χ4n) is 1.81. The van der Waals surface area contributed by atoms with Gasteiger partial charge in [-0.25, -0.2) is 14.4 Å². The minimum absolute atomic E-state index is 0.0174. The Morgan fingerprint density at radius 2 is 2.00 bits per heavy atom. The van der Waals surface area contributed by atoms with Crippen LogP contribution in [-0.4, -0.2) is 41.5 Å². The first kappa shape index (κ1) is 13.4. The zero-order chi connectivity index (χ0) is 15.5. The van der Waals surface area contributed by atoms with E-state index in [4.69, 9.17) is 0 Å².